The van der Waals surface area contributed by atoms with Crippen LogP contribution in [0.4, 0.5) is 0 Å². The largest absolute Gasteiger partial charge is 0.497 e. The van der Waals surface area contributed by atoms with E-state index in [0.717, 1.165) is 11.7 Å². The minimum absolute atomic E-state index is 0.423. The first-order chi connectivity index (χ1) is 7.69. The molecule has 0 aromatic heterocycles. The van der Waals surface area contributed by atoms with Crippen molar-refractivity contribution in [2.75, 3.05) is 7.11 Å². The molecule has 0 saturated heterocycles. The Labute approximate surface area is 98.8 Å². The summed E-state index contributed by atoms with van der Waals surface area (Å²) in [6, 6.07) is 8.70. The van der Waals surface area contributed by atoms with Crippen LogP contribution in [0.2, 0.25) is 0 Å². The van der Waals surface area contributed by atoms with Crippen LogP contribution in [0, 0.1) is 5.92 Å². The maximum absolute atomic E-state index is 5.23. The van der Waals surface area contributed by atoms with Gasteiger partial charge >= 0.3 is 0 Å². The van der Waals surface area contributed by atoms with Gasteiger partial charge in [0.05, 0.1) is 7.11 Å². The third kappa shape index (κ3) is 1.83. The van der Waals surface area contributed by atoms with E-state index in [9.17, 15) is 0 Å². The molecule has 1 fully saturated rings. The van der Waals surface area contributed by atoms with Gasteiger partial charge in [0.2, 0.25) is 0 Å². The SMILES string of the molecule is COc1ccc(C2(C(C)C)CCCC2)cc1. The molecule has 88 valence electrons. The molecule has 0 N–H and O–H groups in total. The third-order valence-corrected chi connectivity index (χ3v) is 4.27. The normalized spacial score (nSPS) is 19.0. The second kappa shape index (κ2) is 4.48. The molecule has 0 radical (unpaired) electrons. The van der Waals surface area contributed by atoms with Gasteiger partial charge in [-0.15, -0.1) is 0 Å². The Hall–Kier alpha value is -0.980. The van der Waals surface area contributed by atoms with Gasteiger partial charge in [0.15, 0.2) is 0 Å². The Morgan fingerprint density at radius 2 is 1.62 bits per heavy atom. The Bertz CT molecular complexity index is 331. The van der Waals surface area contributed by atoms with E-state index in [1.165, 1.54) is 31.2 Å². The van der Waals surface area contributed by atoms with Crippen LogP contribution < -0.4 is 4.74 Å². The lowest BCUT2D eigenvalue weighted by Gasteiger charge is -2.34. The molecule has 2 rings (SSSR count). The lowest BCUT2D eigenvalue weighted by Crippen LogP contribution is -2.28. The average molecular weight is 218 g/mol. The van der Waals surface area contributed by atoms with Crippen molar-refractivity contribution in [2.24, 2.45) is 5.92 Å². The number of hydrogen-bond acceptors (Lipinski definition) is 1. The summed E-state index contributed by atoms with van der Waals surface area (Å²) in [5.41, 5.74) is 1.92. The van der Waals surface area contributed by atoms with Crippen molar-refractivity contribution < 1.29 is 4.74 Å². The topological polar surface area (TPSA) is 9.23 Å². The predicted molar refractivity (Wildman–Crippen MR) is 68.0 cm³/mol. The molecule has 16 heavy (non-hydrogen) atoms. The molecule has 0 atom stereocenters. The first kappa shape index (κ1) is 11.5. The molecule has 1 aliphatic carbocycles. The minimum Gasteiger partial charge on any atom is -0.497 e. The quantitative estimate of drug-likeness (QED) is 0.740. The molecule has 0 spiro atoms. The van der Waals surface area contributed by atoms with Crippen LogP contribution in [0.1, 0.15) is 45.1 Å². The fourth-order valence-corrected chi connectivity index (χ4v) is 3.13. The highest BCUT2D eigenvalue weighted by molar-refractivity contribution is 5.33. The lowest BCUT2D eigenvalue weighted by atomic mass is 9.70. The molecular formula is C15H22O. The summed E-state index contributed by atoms with van der Waals surface area (Å²) >= 11 is 0. The van der Waals surface area contributed by atoms with Crippen LogP contribution in [-0.2, 0) is 5.41 Å². The van der Waals surface area contributed by atoms with Gasteiger partial charge in [-0.2, -0.15) is 0 Å². The van der Waals surface area contributed by atoms with Crippen molar-refractivity contribution in [2.45, 2.75) is 44.9 Å². The van der Waals surface area contributed by atoms with Gasteiger partial charge in [-0.25, -0.2) is 0 Å². The molecule has 1 aromatic carbocycles. The monoisotopic (exact) mass is 218 g/mol. The molecule has 0 aliphatic heterocycles. The van der Waals surface area contributed by atoms with Crippen molar-refractivity contribution in [1.29, 1.82) is 0 Å². The number of methoxy groups -OCH3 is 1. The van der Waals surface area contributed by atoms with E-state index in [0.29, 0.717) is 5.41 Å². The zero-order chi connectivity index (χ0) is 11.6. The third-order valence-electron chi connectivity index (χ3n) is 4.27. The van der Waals surface area contributed by atoms with Gasteiger partial charge in [0.25, 0.3) is 0 Å². The van der Waals surface area contributed by atoms with Crippen LogP contribution >= 0.6 is 0 Å². The zero-order valence-corrected chi connectivity index (χ0v) is 10.6. The molecule has 0 amide bonds. The first-order valence-electron chi connectivity index (χ1n) is 6.33. The number of ether oxygens (including phenoxy) is 1. The second-order valence-electron chi connectivity index (χ2n) is 5.25. The molecule has 1 saturated carbocycles. The van der Waals surface area contributed by atoms with E-state index in [2.05, 4.69) is 38.1 Å². The minimum atomic E-state index is 0.423. The molecule has 1 nitrogen and oxygen atoms in total. The standard InChI is InChI=1S/C15H22O/c1-12(2)15(10-4-5-11-15)13-6-8-14(16-3)9-7-13/h6-9,12H,4-5,10-11H2,1-3H3. The fourth-order valence-electron chi connectivity index (χ4n) is 3.13. The smallest absolute Gasteiger partial charge is 0.118 e. The van der Waals surface area contributed by atoms with Crippen LogP contribution in [0.15, 0.2) is 24.3 Å². The van der Waals surface area contributed by atoms with Crippen molar-refractivity contribution in [3.63, 3.8) is 0 Å². The fraction of sp³-hybridized carbons (Fsp3) is 0.600. The molecule has 1 heteroatoms. The van der Waals surface area contributed by atoms with E-state index in [1.54, 1.807) is 7.11 Å². The van der Waals surface area contributed by atoms with E-state index in [-0.39, 0.29) is 0 Å². The summed E-state index contributed by atoms with van der Waals surface area (Å²) in [5.74, 6) is 1.68. The van der Waals surface area contributed by atoms with E-state index in [4.69, 9.17) is 4.74 Å². The Balaban J connectivity index is 2.32. The Kier molecular flexibility index (Phi) is 3.22. The highest BCUT2D eigenvalue weighted by Gasteiger charge is 2.38. The first-order valence-corrected chi connectivity index (χ1v) is 6.33. The highest BCUT2D eigenvalue weighted by atomic mass is 16.5. The van der Waals surface area contributed by atoms with Gasteiger partial charge in [-0.05, 0) is 41.9 Å². The summed E-state index contributed by atoms with van der Waals surface area (Å²) in [6.07, 6.45) is 5.45. The van der Waals surface area contributed by atoms with Gasteiger partial charge < -0.3 is 4.74 Å². The number of hydrogen-bond donors (Lipinski definition) is 0. The van der Waals surface area contributed by atoms with Crippen molar-refractivity contribution >= 4 is 0 Å². The molecular weight excluding hydrogens is 196 g/mol. The van der Waals surface area contributed by atoms with Crippen molar-refractivity contribution in [3.8, 4) is 5.75 Å². The van der Waals surface area contributed by atoms with Gasteiger partial charge in [0, 0.05) is 0 Å². The molecule has 1 aromatic rings. The average Bonchev–Trinajstić information content (AvgIpc) is 2.79. The Morgan fingerprint density at radius 1 is 1.06 bits per heavy atom. The zero-order valence-electron chi connectivity index (χ0n) is 10.6. The summed E-state index contributed by atoms with van der Waals surface area (Å²) in [6.45, 7) is 4.71. The predicted octanol–water partition coefficient (Wildman–Crippen LogP) is 4.16. The maximum Gasteiger partial charge on any atom is 0.118 e. The molecule has 0 unspecified atom stereocenters. The highest BCUT2D eigenvalue weighted by Crippen LogP contribution is 2.46. The van der Waals surface area contributed by atoms with Crippen molar-refractivity contribution in [3.05, 3.63) is 29.8 Å². The van der Waals surface area contributed by atoms with Gasteiger partial charge in [-0.3, -0.25) is 0 Å². The molecule has 1 aliphatic rings. The van der Waals surface area contributed by atoms with Crippen LogP contribution in [0.3, 0.4) is 0 Å². The summed E-state index contributed by atoms with van der Waals surface area (Å²) in [4.78, 5) is 0. The van der Waals surface area contributed by atoms with Crippen LogP contribution in [-0.4, -0.2) is 7.11 Å². The molecule has 0 bridgehead atoms. The van der Waals surface area contributed by atoms with E-state index < -0.39 is 0 Å². The second-order valence-corrected chi connectivity index (χ2v) is 5.25. The molecule has 0 heterocycles. The van der Waals surface area contributed by atoms with E-state index in [1.807, 2.05) is 0 Å². The van der Waals surface area contributed by atoms with Gasteiger partial charge in [0.1, 0.15) is 5.75 Å². The van der Waals surface area contributed by atoms with Crippen LogP contribution in [0.25, 0.3) is 0 Å². The number of benzene rings is 1. The number of rotatable bonds is 3. The summed E-state index contributed by atoms with van der Waals surface area (Å²) in [5, 5.41) is 0. The van der Waals surface area contributed by atoms with Gasteiger partial charge in [-0.1, -0.05) is 38.8 Å². The Morgan fingerprint density at radius 3 is 2.06 bits per heavy atom. The van der Waals surface area contributed by atoms with Crippen molar-refractivity contribution in [1.82, 2.24) is 0 Å². The van der Waals surface area contributed by atoms with E-state index >= 15 is 0 Å². The summed E-state index contributed by atoms with van der Waals surface area (Å²) in [7, 11) is 1.72. The van der Waals surface area contributed by atoms with Crippen LogP contribution in [0.5, 0.6) is 5.75 Å². The lowest BCUT2D eigenvalue weighted by molar-refractivity contribution is 0.314. The summed E-state index contributed by atoms with van der Waals surface area (Å²) < 4.78 is 5.23. The maximum atomic E-state index is 5.23.